The Balaban J connectivity index is 1.54. The summed E-state index contributed by atoms with van der Waals surface area (Å²) < 4.78 is 11.7. The molecule has 0 saturated carbocycles. The number of rotatable bonds is 5. The number of nitrogens with zero attached hydrogens (tertiary/aromatic N) is 1. The smallest absolute Gasteiger partial charge is 0.250 e. The van der Waals surface area contributed by atoms with Gasteiger partial charge in [-0.3, -0.25) is 4.79 Å². The van der Waals surface area contributed by atoms with E-state index in [0.29, 0.717) is 12.1 Å². The first-order chi connectivity index (χ1) is 13.1. The van der Waals surface area contributed by atoms with Gasteiger partial charge in [-0.2, -0.15) is 0 Å². The standard InChI is InChI=1S/C20H22BrN3O3/c21-16-10-19-18(26-12-27-19)8-13(16)11-23-17-5-4-14(9-15(17)20(22)25)24-6-2-1-3-7-24/h4-5,8-10,23H,1-3,6-7,11-12H2,(H2,22,25). The minimum Gasteiger partial charge on any atom is -0.454 e. The molecule has 6 nitrogen and oxygen atoms in total. The predicted octanol–water partition coefficient (Wildman–Crippen LogP) is 3.88. The molecular formula is C20H22BrN3O3. The van der Waals surface area contributed by atoms with Crippen molar-refractivity contribution in [2.75, 3.05) is 30.1 Å². The zero-order chi connectivity index (χ0) is 18.8. The average molecular weight is 432 g/mol. The number of nitrogens with one attached hydrogen (secondary N) is 1. The lowest BCUT2D eigenvalue weighted by atomic mass is 10.1. The minimum absolute atomic E-state index is 0.239. The highest BCUT2D eigenvalue weighted by Crippen LogP contribution is 2.37. The van der Waals surface area contributed by atoms with Crippen LogP contribution in [0.25, 0.3) is 0 Å². The van der Waals surface area contributed by atoms with Crippen molar-refractivity contribution < 1.29 is 14.3 Å². The van der Waals surface area contributed by atoms with E-state index in [1.807, 2.05) is 24.3 Å². The van der Waals surface area contributed by atoms with Gasteiger partial charge >= 0.3 is 0 Å². The van der Waals surface area contributed by atoms with Crippen molar-refractivity contribution in [1.29, 1.82) is 0 Å². The van der Waals surface area contributed by atoms with Crippen molar-refractivity contribution in [3.8, 4) is 11.5 Å². The fraction of sp³-hybridized carbons (Fsp3) is 0.350. The molecule has 0 radical (unpaired) electrons. The predicted molar refractivity (Wildman–Crippen MR) is 109 cm³/mol. The number of amides is 1. The van der Waals surface area contributed by atoms with Crippen LogP contribution in [-0.2, 0) is 6.54 Å². The van der Waals surface area contributed by atoms with E-state index in [4.69, 9.17) is 15.2 Å². The van der Waals surface area contributed by atoms with Gasteiger partial charge in [0.05, 0.1) is 5.56 Å². The fourth-order valence-corrected chi connectivity index (χ4v) is 3.99. The van der Waals surface area contributed by atoms with Crippen molar-refractivity contribution in [3.63, 3.8) is 0 Å². The van der Waals surface area contributed by atoms with Crippen LogP contribution in [0.15, 0.2) is 34.8 Å². The van der Waals surface area contributed by atoms with Crippen LogP contribution in [0.1, 0.15) is 35.2 Å². The van der Waals surface area contributed by atoms with Gasteiger partial charge in [0.15, 0.2) is 11.5 Å². The molecule has 1 saturated heterocycles. The third kappa shape index (κ3) is 3.83. The number of benzene rings is 2. The lowest BCUT2D eigenvalue weighted by molar-refractivity contribution is 0.100. The molecule has 7 heteroatoms. The second kappa shape index (κ2) is 7.68. The monoisotopic (exact) mass is 431 g/mol. The zero-order valence-electron chi connectivity index (χ0n) is 15.0. The van der Waals surface area contributed by atoms with Crippen molar-refractivity contribution in [2.45, 2.75) is 25.8 Å². The molecule has 0 unspecified atom stereocenters. The number of ether oxygens (including phenoxy) is 2. The van der Waals surface area contributed by atoms with E-state index < -0.39 is 5.91 Å². The molecule has 2 heterocycles. The Morgan fingerprint density at radius 1 is 1.11 bits per heavy atom. The summed E-state index contributed by atoms with van der Waals surface area (Å²) in [7, 11) is 0. The second-order valence-corrected chi connectivity index (χ2v) is 7.65. The molecule has 0 aliphatic carbocycles. The summed E-state index contributed by atoms with van der Waals surface area (Å²) in [5.41, 5.74) is 8.94. The molecule has 3 N–H and O–H groups in total. The quantitative estimate of drug-likeness (QED) is 0.750. The first-order valence-electron chi connectivity index (χ1n) is 9.12. The maximum atomic E-state index is 12.0. The van der Waals surface area contributed by atoms with Crippen LogP contribution < -0.4 is 25.4 Å². The van der Waals surface area contributed by atoms with E-state index in [0.717, 1.165) is 46.0 Å². The normalized spacial score (nSPS) is 15.7. The van der Waals surface area contributed by atoms with E-state index in [1.54, 1.807) is 0 Å². The van der Waals surface area contributed by atoms with Gasteiger partial charge < -0.3 is 25.4 Å². The summed E-state index contributed by atoms with van der Waals surface area (Å²) >= 11 is 3.56. The molecular weight excluding hydrogens is 410 g/mol. The van der Waals surface area contributed by atoms with E-state index >= 15 is 0 Å². The van der Waals surface area contributed by atoms with E-state index in [9.17, 15) is 4.79 Å². The third-order valence-corrected chi connectivity index (χ3v) is 5.74. The van der Waals surface area contributed by atoms with Crippen LogP contribution >= 0.6 is 15.9 Å². The molecule has 2 aliphatic rings. The Hall–Kier alpha value is -2.41. The van der Waals surface area contributed by atoms with Crippen LogP contribution in [-0.4, -0.2) is 25.8 Å². The molecule has 27 heavy (non-hydrogen) atoms. The maximum absolute atomic E-state index is 12.0. The molecule has 2 aromatic rings. The first-order valence-corrected chi connectivity index (χ1v) is 9.92. The SMILES string of the molecule is NC(=O)c1cc(N2CCCCC2)ccc1NCc1cc2c(cc1Br)OCO2. The van der Waals surface area contributed by atoms with Crippen molar-refractivity contribution in [1.82, 2.24) is 0 Å². The van der Waals surface area contributed by atoms with Crippen LogP contribution in [0.5, 0.6) is 11.5 Å². The number of fused-ring (bicyclic) bond motifs is 1. The topological polar surface area (TPSA) is 76.8 Å². The highest BCUT2D eigenvalue weighted by molar-refractivity contribution is 9.10. The molecule has 0 atom stereocenters. The second-order valence-electron chi connectivity index (χ2n) is 6.79. The summed E-state index contributed by atoms with van der Waals surface area (Å²) in [5, 5.41) is 3.33. The summed E-state index contributed by atoms with van der Waals surface area (Å²) in [6.45, 7) is 2.81. The van der Waals surface area contributed by atoms with E-state index in [-0.39, 0.29) is 6.79 Å². The highest BCUT2D eigenvalue weighted by atomic mass is 79.9. The van der Waals surface area contributed by atoms with Gasteiger partial charge in [-0.15, -0.1) is 0 Å². The number of anilines is 2. The summed E-state index contributed by atoms with van der Waals surface area (Å²) in [5.74, 6) is 1.03. The molecule has 0 aromatic heterocycles. The number of carbonyl (C=O) groups is 1. The number of hydrogen-bond donors (Lipinski definition) is 2. The largest absolute Gasteiger partial charge is 0.454 e. The van der Waals surface area contributed by atoms with Crippen molar-refractivity contribution in [3.05, 3.63) is 45.9 Å². The average Bonchev–Trinajstić information content (AvgIpc) is 3.13. The van der Waals surface area contributed by atoms with Gasteiger partial charge in [-0.25, -0.2) is 0 Å². The number of nitrogens with two attached hydrogens (primary N) is 1. The molecule has 2 aromatic carbocycles. The number of hydrogen-bond acceptors (Lipinski definition) is 5. The fourth-order valence-electron chi connectivity index (χ4n) is 3.52. The lowest BCUT2D eigenvalue weighted by Gasteiger charge is -2.29. The summed E-state index contributed by atoms with van der Waals surface area (Å²) in [6, 6.07) is 9.71. The Bertz CT molecular complexity index is 866. The lowest BCUT2D eigenvalue weighted by Crippen LogP contribution is -2.29. The van der Waals surface area contributed by atoms with Crippen LogP contribution in [0.3, 0.4) is 0 Å². The number of carbonyl (C=O) groups excluding carboxylic acids is 1. The first kappa shape index (κ1) is 18.0. The van der Waals surface area contributed by atoms with E-state index in [1.165, 1.54) is 19.3 Å². The number of halogens is 1. The van der Waals surface area contributed by atoms with Crippen LogP contribution in [0.2, 0.25) is 0 Å². The van der Waals surface area contributed by atoms with Crippen molar-refractivity contribution >= 4 is 33.2 Å². The highest BCUT2D eigenvalue weighted by Gasteiger charge is 2.18. The molecule has 0 bridgehead atoms. The van der Waals surface area contributed by atoms with Gasteiger partial charge in [0, 0.05) is 35.5 Å². The zero-order valence-corrected chi connectivity index (χ0v) is 16.5. The van der Waals surface area contributed by atoms with E-state index in [2.05, 4.69) is 32.2 Å². The van der Waals surface area contributed by atoms with Gasteiger partial charge in [0.25, 0.3) is 5.91 Å². The number of primary amides is 1. The van der Waals surface area contributed by atoms with Crippen molar-refractivity contribution in [2.24, 2.45) is 5.73 Å². The maximum Gasteiger partial charge on any atom is 0.250 e. The molecule has 142 valence electrons. The molecule has 2 aliphatic heterocycles. The van der Waals surface area contributed by atoms with Gasteiger partial charge in [0.1, 0.15) is 0 Å². The molecule has 4 rings (SSSR count). The van der Waals surface area contributed by atoms with Gasteiger partial charge in [-0.1, -0.05) is 15.9 Å². The minimum atomic E-state index is -0.430. The Morgan fingerprint density at radius 3 is 2.59 bits per heavy atom. The molecule has 0 spiro atoms. The molecule has 1 fully saturated rings. The molecule has 1 amide bonds. The van der Waals surface area contributed by atoms with Crippen LogP contribution in [0, 0.1) is 0 Å². The Labute approximate surface area is 166 Å². The van der Waals surface area contributed by atoms with Gasteiger partial charge in [0.2, 0.25) is 6.79 Å². The Kier molecular flexibility index (Phi) is 5.11. The third-order valence-electron chi connectivity index (χ3n) is 5.00. The number of piperidine rings is 1. The van der Waals surface area contributed by atoms with Gasteiger partial charge in [-0.05, 0) is 55.2 Å². The van der Waals surface area contributed by atoms with Crippen LogP contribution in [0.4, 0.5) is 11.4 Å². The summed E-state index contributed by atoms with van der Waals surface area (Å²) in [4.78, 5) is 14.3. The Morgan fingerprint density at radius 2 is 1.85 bits per heavy atom. The summed E-state index contributed by atoms with van der Waals surface area (Å²) in [6.07, 6.45) is 3.64.